The van der Waals surface area contributed by atoms with Crippen LogP contribution >= 0.6 is 0 Å². The quantitative estimate of drug-likeness (QED) is 0.0432. The molecule has 1 unspecified atom stereocenters. The molecule has 2 aromatic rings. The van der Waals surface area contributed by atoms with Crippen LogP contribution in [-0.4, -0.2) is 39.2 Å². The first-order valence-corrected chi connectivity index (χ1v) is 21.1. The molecular formula is C47H68O4Si. The summed E-state index contributed by atoms with van der Waals surface area (Å²) in [5, 5.41) is 13.1. The van der Waals surface area contributed by atoms with Crippen LogP contribution in [0.2, 0.25) is 5.04 Å². The van der Waals surface area contributed by atoms with Crippen molar-refractivity contribution in [3.05, 3.63) is 131 Å². The molecule has 0 aliphatic heterocycles. The summed E-state index contributed by atoms with van der Waals surface area (Å²) in [5.41, 5.74) is 6.93. The highest BCUT2D eigenvalue weighted by Gasteiger charge is 2.50. The minimum atomic E-state index is -2.75. The number of allylic oxidation sites excluding steroid dienone is 9. The number of carbonyl (C=O) groups is 1. The Bertz CT molecular complexity index is 1490. The van der Waals surface area contributed by atoms with Crippen LogP contribution in [0.3, 0.4) is 0 Å². The molecule has 0 aliphatic carbocycles. The van der Waals surface area contributed by atoms with Gasteiger partial charge >= 0.3 is 5.97 Å². The number of hydrogen-bond acceptors (Lipinski definition) is 4. The topological polar surface area (TPSA) is 55.8 Å². The first-order chi connectivity index (χ1) is 24.7. The van der Waals surface area contributed by atoms with Crippen LogP contribution in [-0.2, 0) is 14.0 Å². The number of esters is 1. The summed E-state index contributed by atoms with van der Waals surface area (Å²) >= 11 is 0. The van der Waals surface area contributed by atoms with E-state index in [-0.39, 0.29) is 10.6 Å². The lowest BCUT2D eigenvalue weighted by Gasteiger charge is -2.43. The summed E-state index contributed by atoms with van der Waals surface area (Å²) in [6.45, 7) is 22.1. The number of hydrogen-bond donors (Lipinski definition) is 1. The minimum absolute atomic E-state index is 0.0829. The van der Waals surface area contributed by atoms with Crippen molar-refractivity contribution in [3.8, 4) is 0 Å². The normalized spacial score (nSPS) is 13.9. The van der Waals surface area contributed by atoms with Crippen molar-refractivity contribution in [2.24, 2.45) is 0 Å². The van der Waals surface area contributed by atoms with Gasteiger partial charge in [0, 0.05) is 0 Å². The second-order valence-electron chi connectivity index (χ2n) is 15.5. The highest BCUT2D eigenvalue weighted by Crippen LogP contribution is 2.37. The lowest BCUT2D eigenvalue weighted by molar-refractivity contribution is -0.137. The van der Waals surface area contributed by atoms with Gasteiger partial charge in [0.1, 0.15) is 0 Å². The first kappa shape index (κ1) is 44.6. The fraction of sp³-hybridized carbons (Fsp3) is 0.468. The Balaban J connectivity index is 2.15. The molecule has 4 nitrogen and oxygen atoms in total. The van der Waals surface area contributed by atoms with E-state index in [1.54, 1.807) is 0 Å². The maximum absolute atomic E-state index is 12.1. The molecule has 0 amide bonds. The van der Waals surface area contributed by atoms with Gasteiger partial charge in [0.25, 0.3) is 8.32 Å². The lowest BCUT2D eigenvalue weighted by Crippen LogP contribution is -2.66. The molecule has 0 saturated heterocycles. The van der Waals surface area contributed by atoms with Crippen LogP contribution in [0.25, 0.3) is 0 Å². The van der Waals surface area contributed by atoms with E-state index in [9.17, 15) is 9.90 Å². The average Bonchev–Trinajstić information content (AvgIpc) is 3.11. The lowest BCUT2D eigenvalue weighted by atomic mass is 10.0. The van der Waals surface area contributed by atoms with Crippen LogP contribution in [0, 0.1) is 0 Å². The summed E-state index contributed by atoms with van der Waals surface area (Å²) in [5.74, 6) is -0.579. The summed E-state index contributed by atoms with van der Waals surface area (Å²) in [6, 6.07) is 21.3. The zero-order valence-corrected chi connectivity index (χ0v) is 34.9. The van der Waals surface area contributed by atoms with Crippen LogP contribution in [0.4, 0.5) is 0 Å². The van der Waals surface area contributed by atoms with Gasteiger partial charge < -0.3 is 14.3 Å². The zero-order valence-electron chi connectivity index (χ0n) is 33.9. The Morgan fingerprint density at radius 1 is 0.712 bits per heavy atom. The van der Waals surface area contributed by atoms with E-state index in [0.29, 0.717) is 19.4 Å². The van der Waals surface area contributed by atoms with E-state index in [1.807, 2.05) is 0 Å². The van der Waals surface area contributed by atoms with Gasteiger partial charge in [-0.1, -0.05) is 141 Å². The summed E-state index contributed by atoms with van der Waals surface area (Å²) in [7, 11) is -1.44. The molecule has 0 bridgehead atoms. The number of ether oxygens (including phenoxy) is 1. The van der Waals surface area contributed by atoms with Gasteiger partial charge in [-0.3, -0.25) is 0 Å². The molecule has 1 N–H and O–H groups in total. The van der Waals surface area contributed by atoms with Gasteiger partial charge in [-0.2, -0.15) is 0 Å². The first-order valence-electron chi connectivity index (χ1n) is 19.2. The second kappa shape index (κ2) is 23.2. The largest absolute Gasteiger partial charge is 0.466 e. The van der Waals surface area contributed by atoms with Crippen LogP contribution in [0.5, 0.6) is 0 Å². The predicted octanol–water partition coefficient (Wildman–Crippen LogP) is 11.3. The number of rotatable bonds is 22. The summed E-state index contributed by atoms with van der Waals surface area (Å²) in [6.07, 6.45) is 20.2. The van der Waals surface area contributed by atoms with Crippen molar-refractivity contribution in [1.29, 1.82) is 0 Å². The van der Waals surface area contributed by atoms with Crippen molar-refractivity contribution in [1.82, 2.24) is 0 Å². The predicted molar refractivity (Wildman–Crippen MR) is 226 cm³/mol. The molecule has 0 heterocycles. The molecule has 0 aliphatic rings. The number of benzene rings is 2. The number of unbranched alkanes of at least 4 members (excludes halogenated alkanes) is 1. The van der Waals surface area contributed by atoms with Crippen molar-refractivity contribution in [2.75, 3.05) is 13.7 Å². The van der Waals surface area contributed by atoms with Gasteiger partial charge in [-0.15, -0.1) is 0 Å². The second-order valence-corrected chi connectivity index (χ2v) is 19.8. The maximum atomic E-state index is 12.1. The maximum Gasteiger partial charge on any atom is 0.335 e. The van der Waals surface area contributed by atoms with Gasteiger partial charge in [0.15, 0.2) is 0 Å². The standard InChI is InChI=1S/C47H68O4Si/c1-37(2)22-19-25-40(5)27-20-26-38(3)23-17-18-24-39(4)28-21-29-42(34-35-45(48)41(6)46(49)50-10)36-51-52(47(7,8)9,43-30-13-11-14-31-43)44-32-15-12-16-33-44/h11-16,22-24,27,29-33,45,48H,6,17-21,25-26,28,34-36H2,1-5,7-10H3/b38-23+,39-24+,40-27+,42-29-. The molecule has 0 radical (unpaired) electrons. The smallest absolute Gasteiger partial charge is 0.335 e. The Morgan fingerprint density at radius 3 is 1.60 bits per heavy atom. The third-order valence-electron chi connectivity index (χ3n) is 9.73. The van der Waals surface area contributed by atoms with Crippen molar-refractivity contribution < 1.29 is 19.1 Å². The van der Waals surface area contributed by atoms with Gasteiger partial charge in [0.05, 0.1) is 25.4 Å². The number of aliphatic hydroxyl groups excluding tert-OH is 1. The third kappa shape index (κ3) is 15.2. The Morgan fingerprint density at radius 2 is 1.15 bits per heavy atom. The van der Waals surface area contributed by atoms with Crippen molar-refractivity contribution in [3.63, 3.8) is 0 Å². The molecule has 284 valence electrons. The number of aliphatic hydroxyl groups is 1. The third-order valence-corrected chi connectivity index (χ3v) is 14.7. The molecule has 0 aromatic heterocycles. The van der Waals surface area contributed by atoms with E-state index < -0.39 is 20.4 Å². The Hall–Kier alpha value is -3.51. The molecule has 1 atom stereocenters. The fourth-order valence-corrected chi connectivity index (χ4v) is 11.1. The van der Waals surface area contributed by atoms with Gasteiger partial charge in [-0.25, -0.2) is 4.79 Å². The zero-order chi connectivity index (χ0) is 38.6. The molecule has 0 spiro atoms. The molecular weight excluding hydrogens is 657 g/mol. The van der Waals surface area contributed by atoms with E-state index in [1.165, 1.54) is 39.8 Å². The molecule has 2 aromatic carbocycles. The highest BCUT2D eigenvalue weighted by atomic mass is 28.4. The van der Waals surface area contributed by atoms with E-state index >= 15 is 0 Å². The monoisotopic (exact) mass is 724 g/mol. The van der Waals surface area contributed by atoms with Crippen LogP contribution in [0.15, 0.2) is 131 Å². The van der Waals surface area contributed by atoms with Crippen molar-refractivity contribution >= 4 is 24.7 Å². The Kier molecular flexibility index (Phi) is 19.9. The molecule has 0 fully saturated rings. The molecule has 52 heavy (non-hydrogen) atoms. The fourth-order valence-electron chi connectivity index (χ4n) is 6.56. The van der Waals surface area contributed by atoms with E-state index in [2.05, 4.69) is 153 Å². The SMILES string of the molecule is C=C(C(=O)OC)C(O)CC/C(=C/CC/C(C)=C/CC/C=C(\C)CC/C=C(\C)CCC=C(C)C)CO[Si](c1ccccc1)(c1ccccc1)C(C)(C)C. The molecule has 5 heteroatoms. The summed E-state index contributed by atoms with van der Waals surface area (Å²) in [4.78, 5) is 12.1. The number of carbonyl (C=O) groups excluding carboxylic acids is 1. The molecule has 2 rings (SSSR count). The van der Waals surface area contributed by atoms with Gasteiger partial charge in [0.2, 0.25) is 0 Å². The van der Waals surface area contributed by atoms with Crippen LogP contribution in [0.1, 0.15) is 120 Å². The van der Waals surface area contributed by atoms with Crippen molar-refractivity contribution in [2.45, 2.75) is 131 Å². The van der Waals surface area contributed by atoms with E-state index in [4.69, 9.17) is 9.16 Å². The molecule has 0 saturated carbocycles. The highest BCUT2D eigenvalue weighted by molar-refractivity contribution is 6.99. The number of methoxy groups -OCH3 is 1. The Labute approximate surface area is 318 Å². The minimum Gasteiger partial charge on any atom is -0.466 e. The van der Waals surface area contributed by atoms with Crippen LogP contribution < -0.4 is 10.4 Å². The summed E-state index contributed by atoms with van der Waals surface area (Å²) < 4.78 is 12.1. The van der Waals surface area contributed by atoms with E-state index in [0.717, 1.165) is 56.9 Å². The van der Waals surface area contributed by atoms with Gasteiger partial charge in [-0.05, 0) is 120 Å². The average molecular weight is 725 g/mol.